The molecule has 3 aromatic rings. The number of aromatic amines is 1. The summed E-state index contributed by atoms with van der Waals surface area (Å²) in [6.07, 6.45) is 2.79. The molecule has 1 aromatic heterocycles. The van der Waals surface area contributed by atoms with Crippen LogP contribution in [-0.2, 0) is 11.2 Å². The van der Waals surface area contributed by atoms with Crippen molar-refractivity contribution in [2.24, 2.45) is 0 Å². The lowest BCUT2D eigenvalue weighted by atomic mass is 10.1. The SMILES string of the molecule is Cc1ccc(Cl)c(NC(=O)CNCCc2c[nH]c3ccc(Cl)cc23)c1. The molecule has 0 aliphatic rings. The van der Waals surface area contributed by atoms with E-state index in [0.29, 0.717) is 17.3 Å². The van der Waals surface area contributed by atoms with Crippen LogP contribution in [-0.4, -0.2) is 24.0 Å². The van der Waals surface area contributed by atoms with Gasteiger partial charge in [-0.2, -0.15) is 0 Å². The van der Waals surface area contributed by atoms with Gasteiger partial charge in [0, 0.05) is 22.1 Å². The van der Waals surface area contributed by atoms with Crippen molar-refractivity contribution in [2.75, 3.05) is 18.4 Å². The third kappa shape index (κ3) is 4.54. The van der Waals surface area contributed by atoms with E-state index in [1.165, 1.54) is 5.56 Å². The van der Waals surface area contributed by atoms with E-state index >= 15 is 0 Å². The minimum atomic E-state index is -0.116. The number of nitrogens with one attached hydrogen (secondary N) is 3. The van der Waals surface area contributed by atoms with Crippen molar-refractivity contribution in [2.45, 2.75) is 13.3 Å². The van der Waals surface area contributed by atoms with Gasteiger partial charge >= 0.3 is 0 Å². The number of aryl methyl sites for hydroxylation is 1. The van der Waals surface area contributed by atoms with E-state index in [9.17, 15) is 4.79 Å². The van der Waals surface area contributed by atoms with Gasteiger partial charge in [0.1, 0.15) is 0 Å². The molecule has 0 aliphatic heterocycles. The Kier molecular flexibility index (Phi) is 5.63. The molecule has 4 nitrogen and oxygen atoms in total. The van der Waals surface area contributed by atoms with Crippen LogP contribution in [0.4, 0.5) is 5.69 Å². The zero-order valence-corrected chi connectivity index (χ0v) is 15.3. The average Bonchev–Trinajstić information content (AvgIpc) is 2.97. The molecule has 3 rings (SSSR count). The summed E-state index contributed by atoms with van der Waals surface area (Å²) in [6.45, 7) is 2.87. The molecule has 0 bridgehead atoms. The maximum Gasteiger partial charge on any atom is 0.238 e. The van der Waals surface area contributed by atoms with E-state index in [-0.39, 0.29) is 12.5 Å². The van der Waals surface area contributed by atoms with E-state index in [1.54, 1.807) is 6.07 Å². The number of aromatic nitrogens is 1. The third-order valence-corrected chi connectivity index (χ3v) is 4.55. The van der Waals surface area contributed by atoms with Crippen molar-refractivity contribution in [1.82, 2.24) is 10.3 Å². The van der Waals surface area contributed by atoms with Crippen molar-refractivity contribution in [3.05, 3.63) is 63.8 Å². The fourth-order valence-corrected chi connectivity index (χ4v) is 3.05. The quantitative estimate of drug-likeness (QED) is 0.553. The Morgan fingerprint density at radius 1 is 1.16 bits per heavy atom. The largest absolute Gasteiger partial charge is 0.361 e. The predicted molar refractivity (Wildman–Crippen MR) is 105 cm³/mol. The van der Waals surface area contributed by atoms with Crippen LogP contribution >= 0.6 is 23.2 Å². The summed E-state index contributed by atoms with van der Waals surface area (Å²) in [5, 5.41) is 8.35. The van der Waals surface area contributed by atoms with Gasteiger partial charge in [-0.05, 0) is 61.3 Å². The summed E-state index contributed by atoms with van der Waals surface area (Å²) in [6, 6.07) is 11.3. The van der Waals surface area contributed by atoms with Crippen molar-refractivity contribution >= 4 is 45.7 Å². The number of anilines is 1. The van der Waals surface area contributed by atoms with Gasteiger partial charge < -0.3 is 15.6 Å². The summed E-state index contributed by atoms with van der Waals surface area (Å²) in [4.78, 5) is 15.3. The predicted octanol–water partition coefficient (Wildman–Crippen LogP) is 4.55. The molecule has 0 fully saturated rings. The molecule has 1 amide bonds. The molecule has 0 unspecified atom stereocenters. The molecule has 130 valence electrons. The zero-order valence-electron chi connectivity index (χ0n) is 13.8. The van der Waals surface area contributed by atoms with Crippen molar-refractivity contribution in [3.63, 3.8) is 0 Å². The molecule has 25 heavy (non-hydrogen) atoms. The van der Waals surface area contributed by atoms with Gasteiger partial charge in [-0.1, -0.05) is 29.3 Å². The minimum absolute atomic E-state index is 0.116. The van der Waals surface area contributed by atoms with Crippen molar-refractivity contribution in [1.29, 1.82) is 0 Å². The van der Waals surface area contributed by atoms with Crippen LogP contribution in [0, 0.1) is 6.92 Å². The molecule has 1 heterocycles. The molecule has 0 spiro atoms. The molecule has 3 N–H and O–H groups in total. The van der Waals surface area contributed by atoms with Crippen LogP contribution in [0.2, 0.25) is 10.0 Å². The summed E-state index contributed by atoms with van der Waals surface area (Å²) >= 11 is 12.1. The van der Waals surface area contributed by atoms with Crippen LogP contribution in [0.25, 0.3) is 10.9 Å². The summed E-state index contributed by atoms with van der Waals surface area (Å²) in [5.41, 5.74) is 3.92. The number of hydrogen-bond donors (Lipinski definition) is 3. The highest BCUT2D eigenvalue weighted by atomic mass is 35.5. The van der Waals surface area contributed by atoms with E-state index in [4.69, 9.17) is 23.2 Å². The maximum atomic E-state index is 12.0. The topological polar surface area (TPSA) is 56.9 Å². The number of carbonyl (C=O) groups excluding carboxylic acids is 1. The Balaban J connectivity index is 1.50. The number of H-pyrrole nitrogens is 1. The number of halogens is 2. The second-order valence-electron chi connectivity index (χ2n) is 5.96. The smallest absolute Gasteiger partial charge is 0.238 e. The standard InChI is InChI=1S/C19H19Cl2N3O/c1-12-2-4-16(21)18(8-12)24-19(25)11-22-7-6-13-10-23-17-5-3-14(20)9-15(13)17/h2-5,8-10,22-23H,6-7,11H2,1H3,(H,24,25). The molecule has 0 saturated heterocycles. The lowest BCUT2D eigenvalue weighted by molar-refractivity contribution is -0.115. The van der Waals surface area contributed by atoms with Gasteiger partial charge in [-0.15, -0.1) is 0 Å². The van der Waals surface area contributed by atoms with E-state index in [2.05, 4.69) is 15.6 Å². The number of benzene rings is 2. The normalized spacial score (nSPS) is 11.0. The zero-order chi connectivity index (χ0) is 17.8. The first kappa shape index (κ1) is 17.8. The average molecular weight is 376 g/mol. The van der Waals surface area contributed by atoms with Crippen LogP contribution in [0.5, 0.6) is 0 Å². The molecule has 0 atom stereocenters. The van der Waals surface area contributed by atoms with E-state index < -0.39 is 0 Å². The summed E-state index contributed by atoms with van der Waals surface area (Å²) in [5.74, 6) is -0.116. The Morgan fingerprint density at radius 2 is 2.00 bits per heavy atom. The summed E-state index contributed by atoms with van der Waals surface area (Å²) in [7, 11) is 0. The second kappa shape index (κ2) is 7.91. The second-order valence-corrected chi connectivity index (χ2v) is 6.81. The van der Waals surface area contributed by atoms with Gasteiger partial charge in [0.2, 0.25) is 5.91 Å². The van der Waals surface area contributed by atoms with Crippen LogP contribution in [0.15, 0.2) is 42.6 Å². The lowest BCUT2D eigenvalue weighted by Crippen LogP contribution is -2.29. The fourth-order valence-electron chi connectivity index (χ4n) is 2.71. The van der Waals surface area contributed by atoms with Crippen molar-refractivity contribution < 1.29 is 4.79 Å². The highest BCUT2D eigenvalue weighted by Gasteiger charge is 2.07. The van der Waals surface area contributed by atoms with Crippen LogP contribution < -0.4 is 10.6 Å². The first-order valence-electron chi connectivity index (χ1n) is 8.05. The monoisotopic (exact) mass is 375 g/mol. The van der Waals surface area contributed by atoms with Crippen LogP contribution in [0.3, 0.4) is 0 Å². The van der Waals surface area contributed by atoms with E-state index in [1.807, 2.05) is 43.5 Å². The van der Waals surface area contributed by atoms with E-state index in [0.717, 1.165) is 27.9 Å². The molecule has 0 radical (unpaired) electrons. The Hall–Kier alpha value is -2.01. The Bertz CT molecular complexity index is 905. The number of carbonyl (C=O) groups is 1. The van der Waals surface area contributed by atoms with Crippen LogP contribution in [0.1, 0.15) is 11.1 Å². The van der Waals surface area contributed by atoms with Gasteiger partial charge in [-0.25, -0.2) is 0 Å². The van der Waals surface area contributed by atoms with Gasteiger partial charge in [-0.3, -0.25) is 4.79 Å². The number of fused-ring (bicyclic) bond motifs is 1. The molecule has 0 aliphatic carbocycles. The minimum Gasteiger partial charge on any atom is -0.361 e. The van der Waals surface area contributed by atoms with Gasteiger partial charge in [0.15, 0.2) is 0 Å². The highest BCUT2D eigenvalue weighted by Crippen LogP contribution is 2.23. The van der Waals surface area contributed by atoms with Gasteiger partial charge in [0.25, 0.3) is 0 Å². The Labute approximate surface area is 156 Å². The lowest BCUT2D eigenvalue weighted by Gasteiger charge is -2.09. The number of rotatable bonds is 6. The first-order chi connectivity index (χ1) is 12.0. The molecular formula is C19H19Cl2N3O. The molecular weight excluding hydrogens is 357 g/mol. The molecule has 2 aromatic carbocycles. The number of hydrogen-bond acceptors (Lipinski definition) is 2. The number of amides is 1. The molecule has 0 saturated carbocycles. The fraction of sp³-hybridized carbons (Fsp3) is 0.211. The third-order valence-electron chi connectivity index (χ3n) is 3.98. The highest BCUT2D eigenvalue weighted by molar-refractivity contribution is 6.33. The first-order valence-corrected chi connectivity index (χ1v) is 8.81. The Morgan fingerprint density at radius 3 is 2.84 bits per heavy atom. The van der Waals surface area contributed by atoms with Crippen molar-refractivity contribution in [3.8, 4) is 0 Å². The molecule has 6 heteroatoms. The summed E-state index contributed by atoms with van der Waals surface area (Å²) < 4.78 is 0. The van der Waals surface area contributed by atoms with Gasteiger partial charge in [0.05, 0.1) is 17.3 Å². The maximum absolute atomic E-state index is 12.0.